The molecule has 1 saturated carbocycles. The van der Waals surface area contributed by atoms with Gasteiger partial charge in [-0.05, 0) is 31.2 Å². The molecule has 1 unspecified atom stereocenters. The van der Waals surface area contributed by atoms with E-state index in [2.05, 4.69) is 6.92 Å². The second-order valence-corrected chi connectivity index (χ2v) is 5.40. The van der Waals surface area contributed by atoms with Crippen molar-refractivity contribution in [3.63, 3.8) is 0 Å². The van der Waals surface area contributed by atoms with Gasteiger partial charge in [-0.15, -0.1) is 0 Å². The highest BCUT2D eigenvalue weighted by molar-refractivity contribution is 4.97. The predicted molar refractivity (Wildman–Crippen MR) is 62.7 cm³/mol. The Morgan fingerprint density at radius 1 is 1.27 bits per heavy atom. The molecular formula is C13H25NO. The molecule has 1 aliphatic heterocycles. The van der Waals surface area contributed by atoms with Crippen molar-refractivity contribution in [1.29, 1.82) is 0 Å². The Morgan fingerprint density at radius 2 is 1.93 bits per heavy atom. The van der Waals surface area contributed by atoms with Crippen molar-refractivity contribution in [3.8, 4) is 0 Å². The number of hydrogen-bond acceptors (Lipinski definition) is 2. The minimum atomic E-state index is 0.462. The molecule has 0 aromatic heterocycles. The molecule has 0 spiro atoms. The molecule has 0 amide bonds. The van der Waals surface area contributed by atoms with Crippen LogP contribution in [0.2, 0.25) is 0 Å². The fraction of sp³-hybridized carbons (Fsp3) is 1.00. The largest absolute Gasteiger partial charge is 0.380 e. The summed E-state index contributed by atoms with van der Waals surface area (Å²) in [7, 11) is 0. The monoisotopic (exact) mass is 211 g/mol. The summed E-state index contributed by atoms with van der Waals surface area (Å²) in [6, 6.07) is 0. The third kappa shape index (κ3) is 1.94. The van der Waals surface area contributed by atoms with Gasteiger partial charge in [-0.2, -0.15) is 0 Å². The summed E-state index contributed by atoms with van der Waals surface area (Å²) in [5, 5.41) is 0. The van der Waals surface area contributed by atoms with Gasteiger partial charge in [0.05, 0.1) is 13.2 Å². The molecule has 0 radical (unpaired) electrons. The number of ether oxygens (including phenoxy) is 1. The molecule has 0 aromatic carbocycles. The second-order valence-electron chi connectivity index (χ2n) is 5.40. The van der Waals surface area contributed by atoms with E-state index >= 15 is 0 Å². The fourth-order valence-electron chi connectivity index (χ4n) is 3.63. The standard InChI is InChI=1S/C13H25NO/c1-2-11(8-14)13(9-15-10-13)12-6-4-3-5-7-12/h11-12H,2-10,14H2,1H3. The summed E-state index contributed by atoms with van der Waals surface area (Å²) >= 11 is 0. The Kier molecular flexibility index (Phi) is 3.68. The first-order valence-electron chi connectivity index (χ1n) is 6.61. The Labute approximate surface area is 93.6 Å². The zero-order valence-corrected chi connectivity index (χ0v) is 10.0. The second kappa shape index (κ2) is 4.84. The predicted octanol–water partition coefficient (Wildman–Crippen LogP) is 2.57. The molecular weight excluding hydrogens is 186 g/mol. The van der Waals surface area contributed by atoms with E-state index in [9.17, 15) is 0 Å². The van der Waals surface area contributed by atoms with Crippen molar-refractivity contribution in [1.82, 2.24) is 0 Å². The van der Waals surface area contributed by atoms with Gasteiger partial charge in [-0.3, -0.25) is 0 Å². The molecule has 1 aliphatic carbocycles. The SMILES string of the molecule is CCC(CN)C1(C2CCCCC2)COC1. The van der Waals surface area contributed by atoms with Crippen LogP contribution in [0.3, 0.4) is 0 Å². The van der Waals surface area contributed by atoms with E-state index in [1.54, 1.807) is 0 Å². The van der Waals surface area contributed by atoms with Crippen LogP contribution in [0.25, 0.3) is 0 Å². The van der Waals surface area contributed by atoms with Crippen molar-refractivity contribution < 1.29 is 4.74 Å². The molecule has 2 fully saturated rings. The Morgan fingerprint density at radius 3 is 2.33 bits per heavy atom. The maximum Gasteiger partial charge on any atom is 0.0550 e. The fourth-order valence-corrected chi connectivity index (χ4v) is 3.63. The molecule has 2 aliphatic rings. The van der Waals surface area contributed by atoms with E-state index in [0.29, 0.717) is 11.3 Å². The normalized spacial score (nSPS) is 28.4. The molecule has 2 rings (SSSR count). The van der Waals surface area contributed by atoms with Crippen molar-refractivity contribution in [3.05, 3.63) is 0 Å². The van der Waals surface area contributed by atoms with E-state index < -0.39 is 0 Å². The highest BCUT2D eigenvalue weighted by Gasteiger charge is 2.49. The summed E-state index contributed by atoms with van der Waals surface area (Å²) in [6.07, 6.45) is 8.34. The maximum atomic E-state index is 5.93. The van der Waals surface area contributed by atoms with Crippen LogP contribution >= 0.6 is 0 Å². The van der Waals surface area contributed by atoms with Crippen LogP contribution in [0.5, 0.6) is 0 Å². The number of rotatable bonds is 4. The first-order chi connectivity index (χ1) is 7.33. The lowest BCUT2D eigenvalue weighted by Crippen LogP contribution is -2.55. The van der Waals surface area contributed by atoms with Crippen molar-refractivity contribution >= 4 is 0 Å². The van der Waals surface area contributed by atoms with Gasteiger partial charge >= 0.3 is 0 Å². The zero-order chi connectivity index (χ0) is 10.7. The third-order valence-electron chi connectivity index (χ3n) is 4.75. The average molecular weight is 211 g/mol. The molecule has 2 heteroatoms. The topological polar surface area (TPSA) is 35.2 Å². The van der Waals surface area contributed by atoms with Gasteiger partial charge in [-0.1, -0.05) is 32.6 Å². The highest BCUT2D eigenvalue weighted by atomic mass is 16.5. The Balaban J connectivity index is 2.05. The highest BCUT2D eigenvalue weighted by Crippen LogP contribution is 2.49. The van der Waals surface area contributed by atoms with Crippen LogP contribution in [0.1, 0.15) is 45.4 Å². The van der Waals surface area contributed by atoms with Gasteiger partial charge in [0.15, 0.2) is 0 Å². The van der Waals surface area contributed by atoms with Crippen LogP contribution in [0, 0.1) is 17.3 Å². The molecule has 15 heavy (non-hydrogen) atoms. The minimum absolute atomic E-state index is 0.462. The van der Waals surface area contributed by atoms with Crippen LogP contribution in [0.4, 0.5) is 0 Å². The first kappa shape index (κ1) is 11.4. The first-order valence-corrected chi connectivity index (χ1v) is 6.61. The van der Waals surface area contributed by atoms with Crippen molar-refractivity contribution in [2.24, 2.45) is 23.0 Å². The van der Waals surface area contributed by atoms with Gasteiger partial charge in [-0.25, -0.2) is 0 Å². The van der Waals surface area contributed by atoms with Crippen molar-refractivity contribution in [2.45, 2.75) is 45.4 Å². The lowest BCUT2D eigenvalue weighted by atomic mass is 9.60. The van der Waals surface area contributed by atoms with Crippen LogP contribution < -0.4 is 5.73 Å². The van der Waals surface area contributed by atoms with Gasteiger partial charge in [0.25, 0.3) is 0 Å². The summed E-state index contributed by atoms with van der Waals surface area (Å²) in [5.41, 5.74) is 6.39. The zero-order valence-electron chi connectivity index (χ0n) is 10.0. The molecule has 2 N–H and O–H groups in total. The van der Waals surface area contributed by atoms with Crippen molar-refractivity contribution in [2.75, 3.05) is 19.8 Å². The smallest absolute Gasteiger partial charge is 0.0550 e. The van der Waals surface area contributed by atoms with Gasteiger partial charge in [0.1, 0.15) is 0 Å². The van der Waals surface area contributed by atoms with Crippen LogP contribution in [-0.4, -0.2) is 19.8 Å². The molecule has 2 nitrogen and oxygen atoms in total. The quantitative estimate of drug-likeness (QED) is 0.775. The summed E-state index contributed by atoms with van der Waals surface area (Å²) in [4.78, 5) is 0. The summed E-state index contributed by atoms with van der Waals surface area (Å²) in [6.45, 7) is 5.08. The number of nitrogens with two attached hydrogens (primary N) is 1. The molecule has 88 valence electrons. The lowest BCUT2D eigenvalue weighted by molar-refractivity contribution is -0.183. The van der Waals surface area contributed by atoms with E-state index in [4.69, 9.17) is 10.5 Å². The summed E-state index contributed by atoms with van der Waals surface area (Å²) in [5.74, 6) is 1.59. The van der Waals surface area contributed by atoms with Crippen LogP contribution in [0.15, 0.2) is 0 Å². The molecule has 1 atom stereocenters. The van der Waals surface area contributed by atoms with Crippen LogP contribution in [-0.2, 0) is 4.74 Å². The molecule has 0 bridgehead atoms. The van der Waals surface area contributed by atoms with Gasteiger partial charge in [0, 0.05) is 5.41 Å². The van der Waals surface area contributed by atoms with E-state index in [-0.39, 0.29) is 0 Å². The van der Waals surface area contributed by atoms with E-state index in [0.717, 1.165) is 25.7 Å². The molecule has 0 aromatic rings. The Bertz CT molecular complexity index is 191. The Hall–Kier alpha value is -0.0800. The maximum absolute atomic E-state index is 5.93. The average Bonchev–Trinajstić information content (AvgIpc) is 2.24. The summed E-state index contributed by atoms with van der Waals surface area (Å²) < 4.78 is 5.52. The third-order valence-corrected chi connectivity index (χ3v) is 4.75. The van der Waals surface area contributed by atoms with Gasteiger partial charge in [0.2, 0.25) is 0 Å². The molecule has 1 heterocycles. The molecule has 1 saturated heterocycles. The number of hydrogen-bond donors (Lipinski definition) is 1. The lowest BCUT2D eigenvalue weighted by Gasteiger charge is -2.53. The van der Waals surface area contributed by atoms with E-state index in [1.165, 1.54) is 38.5 Å². The van der Waals surface area contributed by atoms with E-state index in [1.807, 2.05) is 0 Å². The van der Waals surface area contributed by atoms with Gasteiger partial charge < -0.3 is 10.5 Å². The minimum Gasteiger partial charge on any atom is -0.380 e.